The van der Waals surface area contributed by atoms with E-state index in [9.17, 15) is 4.21 Å². The second-order valence-corrected chi connectivity index (χ2v) is 20.7. The van der Waals surface area contributed by atoms with E-state index in [1.807, 2.05) is 20.8 Å². The minimum atomic E-state index is -1.19. The summed E-state index contributed by atoms with van der Waals surface area (Å²) in [6.45, 7) is 20.4. The largest absolute Gasteiger partial charge is 0.242 e. The van der Waals surface area contributed by atoms with Gasteiger partial charge in [0.1, 0.15) is 0 Å². The predicted molar refractivity (Wildman–Crippen MR) is 170 cm³/mol. The van der Waals surface area contributed by atoms with Crippen LogP contribution in [0.2, 0.25) is 0 Å². The highest BCUT2D eigenvalue weighted by Crippen LogP contribution is 2.59. The van der Waals surface area contributed by atoms with Gasteiger partial charge < -0.3 is 0 Å². The van der Waals surface area contributed by atoms with Crippen LogP contribution >= 0.6 is 15.8 Å². The Hall–Kier alpha value is -1.37. The van der Waals surface area contributed by atoms with Gasteiger partial charge in [0.2, 0.25) is 0 Å². The van der Waals surface area contributed by atoms with Crippen LogP contribution in [0.15, 0.2) is 84.9 Å². The van der Waals surface area contributed by atoms with Crippen LogP contribution in [0.1, 0.15) is 73.9 Å². The molecule has 0 saturated carbocycles. The van der Waals surface area contributed by atoms with Crippen molar-refractivity contribution in [3.8, 4) is 0 Å². The molecule has 0 saturated heterocycles. The van der Waals surface area contributed by atoms with Crippen molar-refractivity contribution in [2.75, 3.05) is 6.16 Å². The van der Waals surface area contributed by atoms with Crippen molar-refractivity contribution in [2.45, 2.75) is 83.4 Å². The summed E-state index contributed by atoms with van der Waals surface area (Å²) in [5.41, 5.74) is 1.30. The minimum absolute atomic E-state index is 0.0301. The standard InChI is InChI=1S/C32H45NOP2S/c1-30(2,3)36(31(4,5)6)29-23-17-16-22-27(29)28(33-37(34)32(7,8)9)24-35(25-18-12-10-13-19-25)26-20-14-11-15-21-26/h10-23,28,33H,24H2,1-9H3. The van der Waals surface area contributed by atoms with Crippen molar-refractivity contribution in [3.63, 3.8) is 0 Å². The van der Waals surface area contributed by atoms with E-state index in [0.29, 0.717) is 0 Å². The number of rotatable bonds is 8. The van der Waals surface area contributed by atoms with E-state index >= 15 is 0 Å². The summed E-state index contributed by atoms with van der Waals surface area (Å²) in [6.07, 6.45) is 0.889. The highest BCUT2D eigenvalue weighted by molar-refractivity contribution is 7.84. The molecule has 0 fully saturated rings. The quantitative estimate of drug-likeness (QED) is 0.286. The summed E-state index contributed by atoms with van der Waals surface area (Å²) in [5, 5.41) is 4.41. The third-order valence-corrected chi connectivity index (χ3v) is 14.0. The van der Waals surface area contributed by atoms with Crippen LogP contribution in [-0.2, 0) is 11.0 Å². The van der Waals surface area contributed by atoms with Gasteiger partial charge in [-0.3, -0.25) is 0 Å². The lowest BCUT2D eigenvalue weighted by Crippen LogP contribution is -2.40. The molecule has 0 aliphatic heterocycles. The number of hydrogen-bond acceptors (Lipinski definition) is 1. The van der Waals surface area contributed by atoms with Crippen molar-refractivity contribution in [2.24, 2.45) is 0 Å². The minimum Gasteiger partial charge on any atom is -0.242 e. The first-order chi connectivity index (χ1) is 17.2. The number of nitrogens with one attached hydrogen (secondary N) is 1. The smallest absolute Gasteiger partial charge is 0.0976 e. The molecule has 5 heteroatoms. The van der Waals surface area contributed by atoms with E-state index in [0.717, 1.165) is 6.16 Å². The van der Waals surface area contributed by atoms with Crippen molar-refractivity contribution < 1.29 is 4.21 Å². The van der Waals surface area contributed by atoms with Gasteiger partial charge in [0.15, 0.2) is 0 Å². The topological polar surface area (TPSA) is 29.1 Å². The lowest BCUT2D eigenvalue weighted by atomic mass is 10.1. The molecule has 0 radical (unpaired) electrons. The highest BCUT2D eigenvalue weighted by atomic mass is 32.2. The molecule has 2 nitrogen and oxygen atoms in total. The molecule has 1 N–H and O–H groups in total. The molecule has 2 unspecified atom stereocenters. The Balaban J connectivity index is 2.19. The van der Waals surface area contributed by atoms with Crippen LogP contribution in [0, 0.1) is 0 Å². The first-order valence-electron chi connectivity index (χ1n) is 13.1. The lowest BCUT2D eigenvalue weighted by Gasteiger charge is -2.43. The van der Waals surface area contributed by atoms with Gasteiger partial charge in [-0.05, 0) is 66.6 Å². The van der Waals surface area contributed by atoms with Gasteiger partial charge in [-0.1, -0.05) is 134 Å². The summed E-state index contributed by atoms with van der Waals surface area (Å²) in [5.74, 6) is 0. The predicted octanol–water partition coefficient (Wildman–Crippen LogP) is 7.62. The summed E-state index contributed by atoms with van der Waals surface area (Å²) in [4.78, 5) is 0. The van der Waals surface area contributed by atoms with Gasteiger partial charge >= 0.3 is 0 Å². The maximum Gasteiger partial charge on any atom is 0.0976 e. The molecular weight excluding hydrogens is 508 g/mol. The number of hydrogen-bond donors (Lipinski definition) is 1. The third kappa shape index (κ3) is 8.06. The van der Waals surface area contributed by atoms with Crippen LogP contribution in [-0.4, -0.2) is 25.4 Å². The average molecular weight is 554 g/mol. The van der Waals surface area contributed by atoms with Crippen LogP contribution in [0.3, 0.4) is 0 Å². The Bertz CT molecular complexity index is 1110. The van der Waals surface area contributed by atoms with Gasteiger partial charge in [-0.2, -0.15) is 0 Å². The molecule has 2 atom stereocenters. The molecule has 3 rings (SSSR count). The highest BCUT2D eigenvalue weighted by Gasteiger charge is 2.38. The molecule has 3 aromatic rings. The maximum absolute atomic E-state index is 13.6. The van der Waals surface area contributed by atoms with Crippen molar-refractivity contribution in [1.29, 1.82) is 0 Å². The fourth-order valence-corrected chi connectivity index (χ4v) is 12.5. The van der Waals surface area contributed by atoms with Crippen LogP contribution in [0.25, 0.3) is 0 Å². The van der Waals surface area contributed by atoms with E-state index in [4.69, 9.17) is 0 Å². The van der Waals surface area contributed by atoms with Gasteiger partial charge in [0.25, 0.3) is 0 Å². The van der Waals surface area contributed by atoms with E-state index in [1.54, 1.807) is 0 Å². The van der Waals surface area contributed by atoms with Gasteiger partial charge in [-0.25, -0.2) is 8.93 Å². The van der Waals surface area contributed by atoms with E-state index in [-0.39, 0.29) is 21.1 Å². The Morgan fingerprint density at radius 2 is 1.11 bits per heavy atom. The van der Waals surface area contributed by atoms with Crippen molar-refractivity contribution >= 4 is 42.7 Å². The second-order valence-electron chi connectivity index (χ2n) is 12.6. The Kier molecular flexibility index (Phi) is 9.96. The Labute approximate surface area is 231 Å². The number of benzene rings is 3. The molecule has 0 bridgehead atoms. The van der Waals surface area contributed by atoms with E-state index in [2.05, 4.69) is 131 Å². The molecule has 0 amide bonds. The fraction of sp³-hybridized carbons (Fsp3) is 0.438. The molecule has 3 aromatic carbocycles. The molecular formula is C32H45NOP2S. The Morgan fingerprint density at radius 3 is 1.54 bits per heavy atom. The first-order valence-corrected chi connectivity index (χ1v) is 17.2. The lowest BCUT2D eigenvalue weighted by molar-refractivity contribution is 0.618. The first kappa shape index (κ1) is 30.2. The van der Waals surface area contributed by atoms with E-state index in [1.165, 1.54) is 21.5 Å². The van der Waals surface area contributed by atoms with Gasteiger partial charge in [-0.15, -0.1) is 0 Å². The van der Waals surface area contributed by atoms with Gasteiger partial charge in [0, 0.05) is 6.04 Å². The maximum atomic E-state index is 13.6. The molecule has 0 spiro atoms. The zero-order valence-electron chi connectivity index (χ0n) is 24.1. The zero-order valence-corrected chi connectivity index (χ0v) is 26.7. The summed E-state index contributed by atoms with van der Waals surface area (Å²) in [7, 11) is -2.36. The summed E-state index contributed by atoms with van der Waals surface area (Å²) in [6, 6.07) is 30.6. The van der Waals surface area contributed by atoms with Crippen LogP contribution in [0.4, 0.5) is 0 Å². The van der Waals surface area contributed by atoms with Crippen molar-refractivity contribution in [3.05, 3.63) is 90.5 Å². The second kappa shape index (κ2) is 12.2. The monoisotopic (exact) mass is 553 g/mol. The molecule has 0 aliphatic rings. The Morgan fingerprint density at radius 1 is 0.676 bits per heavy atom. The van der Waals surface area contributed by atoms with Crippen molar-refractivity contribution in [1.82, 2.24) is 4.72 Å². The molecule has 0 aromatic heterocycles. The fourth-order valence-electron chi connectivity index (χ4n) is 4.98. The van der Waals surface area contributed by atoms with Crippen LogP contribution in [0.5, 0.6) is 0 Å². The normalized spacial score (nSPS) is 14.7. The van der Waals surface area contributed by atoms with Crippen LogP contribution < -0.4 is 20.6 Å². The van der Waals surface area contributed by atoms with Gasteiger partial charge in [0.05, 0.1) is 15.7 Å². The molecule has 200 valence electrons. The zero-order chi connectivity index (χ0) is 27.4. The molecule has 0 heterocycles. The molecule has 0 aliphatic carbocycles. The summed E-state index contributed by atoms with van der Waals surface area (Å²) < 4.78 is 16.9. The third-order valence-electron chi connectivity index (χ3n) is 6.20. The summed E-state index contributed by atoms with van der Waals surface area (Å²) >= 11 is 0. The molecule has 37 heavy (non-hydrogen) atoms. The SMILES string of the molecule is CC(C)(C)P(c1ccccc1C(CP(c1ccccc1)c1ccccc1)NS(=O)C(C)(C)C)C(C)(C)C. The van der Waals surface area contributed by atoms with E-state index < -0.39 is 26.8 Å². The average Bonchev–Trinajstić information content (AvgIpc) is 2.81.